The zero-order chi connectivity index (χ0) is 10.3. The summed E-state index contributed by atoms with van der Waals surface area (Å²) in [6.07, 6.45) is 1.67. The Morgan fingerprint density at radius 2 is 1.79 bits per heavy atom. The van der Waals surface area contributed by atoms with E-state index in [0.29, 0.717) is 0 Å². The molecule has 4 nitrogen and oxygen atoms in total. The summed E-state index contributed by atoms with van der Waals surface area (Å²) in [6.45, 7) is 0. The molecule has 0 aliphatic heterocycles. The maximum atomic E-state index is 11.5. The zero-order valence-electron chi connectivity index (χ0n) is 7.40. The van der Waals surface area contributed by atoms with Gasteiger partial charge in [-0.3, -0.25) is 4.79 Å². The second-order valence-electron chi connectivity index (χ2n) is 3.47. The van der Waals surface area contributed by atoms with Gasteiger partial charge in [0.15, 0.2) is 17.3 Å². The summed E-state index contributed by atoms with van der Waals surface area (Å²) >= 11 is 0. The molecule has 0 radical (unpaired) electrons. The van der Waals surface area contributed by atoms with Crippen LogP contribution in [-0.2, 0) is 0 Å². The number of Topliss-reactive ketones (excluding diaryl/α,β-unsaturated/α-hetero) is 1. The van der Waals surface area contributed by atoms with Crippen molar-refractivity contribution in [3.05, 3.63) is 17.7 Å². The molecule has 0 bridgehead atoms. The molecule has 0 heterocycles. The quantitative estimate of drug-likeness (QED) is 0.491. The van der Waals surface area contributed by atoms with Gasteiger partial charge in [-0.25, -0.2) is 0 Å². The summed E-state index contributed by atoms with van der Waals surface area (Å²) in [5.74, 6) is -1.77. The normalized spacial score (nSPS) is 15.4. The van der Waals surface area contributed by atoms with E-state index in [-0.39, 0.29) is 17.3 Å². The van der Waals surface area contributed by atoms with Crippen molar-refractivity contribution < 1.29 is 20.1 Å². The van der Waals surface area contributed by atoms with Crippen LogP contribution in [0.1, 0.15) is 23.2 Å². The molecule has 0 aromatic heterocycles. The van der Waals surface area contributed by atoms with Gasteiger partial charge in [0.1, 0.15) is 0 Å². The molecule has 1 aliphatic carbocycles. The average molecular weight is 194 g/mol. The van der Waals surface area contributed by atoms with Crippen LogP contribution >= 0.6 is 0 Å². The van der Waals surface area contributed by atoms with Crippen LogP contribution in [-0.4, -0.2) is 21.1 Å². The van der Waals surface area contributed by atoms with Crippen molar-refractivity contribution in [1.82, 2.24) is 0 Å². The zero-order valence-corrected chi connectivity index (χ0v) is 7.40. The molecule has 0 atom stereocenters. The van der Waals surface area contributed by atoms with E-state index in [9.17, 15) is 15.0 Å². The summed E-state index contributed by atoms with van der Waals surface area (Å²) < 4.78 is 0. The van der Waals surface area contributed by atoms with Crippen LogP contribution in [0.2, 0.25) is 0 Å². The van der Waals surface area contributed by atoms with Crippen LogP contribution in [0.5, 0.6) is 17.2 Å². The molecule has 14 heavy (non-hydrogen) atoms. The minimum absolute atomic E-state index is 0.0233. The molecule has 0 saturated heterocycles. The van der Waals surface area contributed by atoms with Crippen molar-refractivity contribution >= 4 is 5.78 Å². The van der Waals surface area contributed by atoms with Crippen LogP contribution in [0.3, 0.4) is 0 Å². The Kier molecular flexibility index (Phi) is 1.84. The topological polar surface area (TPSA) is 77.8 Å². The lowest BCUT2D eigenvalue weighted by Gasteiger charge is -2.05. The van der Waals surface area contributed by atoms with E-state index in [2.05, 4.69) is 0 Å². The maximum Gasteiger partial charge on any atom is 0.201 e. The highest BCUT2D eigenvalue weighted by molar-refractivity contribution is 6.02. The first-order chi connectivity index (χ1) is 6.61. The number of hydrogen-bond acceptors (Lipinski definition) is 4. The standard InChI is InChI=1S/C10H10O4/c11-7-4-3-6(9(13)10(7)14)8(12)5-1-2-5/h3-5,11,13-14H,1-2H2. The Labute approximate surface area is 80.4 Å². The second kappa shape index (κ2) is 2.90. The van der Waals surface area contributed by atoms with E-state index in [1.54, 1.807) is 0 Å². The number of phenols is 3. The van der Waals surface area contributed by atoms with Crippen molar-refractivity contribution in [2.24, 2.45) is 5.92 Å². The lowest BCUT2D eigenvalue weighted by Crippen LogP contribution is -2.01. The third-order valence-electron chi connectivity index (χ3n) is 2.34. The molecule has 1 fully saturated rings. The van der Waals surface area contributed by atoms with Gasteiger partial charge >= 0.3 is 0 Å². The summed E-state index contributed by atoms with van der Waals surface area (Å²) in [5.41, 5.74) is 0.0859. The molecule has 0 spiro atoms. The molecule has 1 aromatic rings. The van der Waals surface area contributed by atoms with Gasteiger partial charge < -0.3 is 15.3 Å². The van der Waals surface area contributed by atoms with Crippen molar-refractivity contribution in [3.8, 4) is 17.2 Å². The molecule has 0 unspecified atom stereocenters. The minimum Gasteiger partial charge on any atom is -0.504 e. The number of rotatable bonds is 2. The van der Waals surface area contributed by atoms with Crippen LogP contribution in [0.25, 0.3) is 0 Å². The van der Waals surface area contributed by atoms with E-state index in [0.717, 1.165) is 12.8 Å². The Hall–Kier alpha value is -1.71. The molecule has 0 amide bonds. The first kappa shape index (κ1) is 8.87. The lowest BCUT2D eigenvalue weighted by molar-refractivity contribution is 0.0964. The van der Waals surface area contributed by atoms with Crippen molar-refractivity contribution in [2.75, 3.05) is 0 Å². The molecule has 1 aromatic carbocycles. The van der Waals surface area contributed by atoms with E-state index < -0.39 is 17.2 Å². The first-order valence-corrected chi connectivity index (χ1v) is 4.39. The van der Waals surface area contributed by atoms with Crippen molar-refractivity contribution in [3.63, 3.8) is 0 Å². The van der Waals surface area contributed by atoms with E-state index >= 15 is 0 Å². The summed E-state index contributed by atoms with van der Waals surface area (Å²) in [4.78, 5) is 11.5. The molecule has 2 rings (SSSR count). The van der Waals surface area contributed by atoms with Gasteiger partial charge in [0.25, 0.3) is 0 Å². The van der Waals surface area contributed by atoms with Gasteiger partial charge in [0.05, 0.1) is 5.56 Å². The largest absolute Gasteiger partial charge is 0.504 e. The summed E-state index contributed by atoms with van der Waals surface area (Å²) in [6, 6.07) is 2.52. The third kappa shape index (κ3) is 1.28. The number of benzene rings is 1. The lowest BCUT2D eigenvalue weighted by atomic mass is 10.1. The highest BCUT2D eigenvalue weighted by Crippen LogP contribution is 2.41. The molecule has 1 aliphatic rings. The molecular formula is C10H10O4. The van der Waals surface area contributed by atoms with Gasteiger partial charge in [0.2, 0.25) is 5.75 Å². The summed E-state index contributed by atoms with van der Waals surface area (Å²) in [5, 5.41) is 27.6. The van der Waals surface area contributed by atoms with Gasteiger partial charge in [-0.15, -0.1) is 0 Å². The fourth-order valence-electron chi connectivity index (χ4n) is 1.33. The Morgan fingerprint density at radius 1 is 1.14 bits per heavy atom. The fraction of sp³-hybridized carbons (Fsp3) is 0.300. The minimum atomic E-state index is -0.628. The van der Waals surface area contributed by atoms with Crippen molar-refractivity contribution in [2.45, 2.75) is 12.8 Å². The number of aromatic hydroxyl groups is 3. The smallest absolute Gasteiger partial charge is 0.201 e. The number of carbonyl (C=O) groups excluding carboxylic acids is 1. The van der Waals surface area contributed by atoms with Gasteiger partial charge in [-0.1, -0.05) is 0 Å². The maximum absolute atomic E-state index is 11.5. The predicted octanol–water partition coefficient (Wildman–Crippen LogP) is 1.40. The molecule has 4 heteroatoms. The van der Waals surface area contributed by atoms with E-state index in [1.165, 1.54) is 12.1 Å². The predicted molar refractivity (Wildman–Crippen MR) is 48.5 cm³/mol. The number of carbonyl (C=O) groups is 1. The molecular weight excluding hydrogens is 184 g/mol. The highest BCUT2D eigenvalue weighted by atomic mass is 16.3. The van der Waals surface area contributed by atoms with E-state index in [1.807, 2.05) is 0 Å². The SMILES string of the molecule is O=C(c1ccc(O)c(O)c1O)C1CC1. The first-order valence-electron chi connectivity index (χ1n) is 4.39. The second-order valence-corrected chi connectivity index (χ2v) is 3.47. The molecule has 74 valence electrons. The van der Waals surface area contributed by atoms with Crippen molar-refractivity contribution in [1.29, 1.82) is 0 Å². The fourth-order valence-corrected chi connectivity index (χ4v) is 1.33. The Morgan fingerprint density at radius 3 is 2.36 bits per heavy atom. The van der Waals surface area contributed by atoms with Crippen LogP contribution < -0.4 is 0 Å². The van der Waals surface area contributed by atoms with Gasteiger partial charge in [0, 0.05) is 5.92 Å². The average Bonchev–Trinajstić information content (AvgIpc) is 2.97. The van der Waals surface area contributed by atoms with Gasteiger partial charge in [-0.2, -0.15) is 0 Å². The number of hydrogen-bond donors (Lipinski definition) is 3. The van der Waals surface area contributed by atoms with Crippen LogP contribution in [0.4, 0.5) is 0 Å². The Bertz CT molecular complexity index is 393. The van der Waals surface area contributed by atoms with Crippen LogP contribution in [0.15, 0.2) is 12.1 Å². The van der Waals surface area contributed by atoms with Crippen LogP contribution in [0, 0.1) is 5.92 Å². The summed E-state index contributed by atoms with van der Waals surface area (Å²) in [7, 11) is 0. The third-order valence-corrected chi connectivity index (χ3v) is 2.34. The number of ketones is 1. The monoisotopic (exact) mass is 194 g/mol. The molecule has 1 saturated carbocycles. The van der Waals surface area contributed by atoms with Gasteiger partial charge in [-0.05, 0) is 25.0 Å². The highest BCUT2D eigenvalue weighted by Gasteiger charge is 2.32. The Balaban J connectivity index is 2.43. The molecule has 3 N–H and O–H groups in total. The number of phenolic OH excluding ortho intramolecular Hbond substituents is 3. The van der Waals surface area contributed by atoms with E-state index in [4.69, 9.17) is 5.11 Å².